The van der Waals surface area contributed by atoms with Gasteiger partial charge in [0.2, 0.25) is 0 Å². The predicted molar refractivity (Wildman–Crippen MR) is 72.2 cm³/mol. The molecule has 18 heavy (non-hydrogen) atoms. The van der Waals surface area contributed by atoms with Gasteiger partial charge in [-0.25, -0.2) is 4.98 Å². The zero-order valence-electron chi connectivity index (χ0n) is 10.5. The summed E-state index contributed by atoms with van der Waals surface area (Å²) in [5.41, 5.74) is 2.46. The Hall–Kier alpha value is -1.20. The molecule has 0 aliphatic heterocycles. The summed E-state index contributed by atoms with van der Waals surface area (Å²) in [6.45, 7) is 3.79. The minimum Gasteiger partial charge on any atom is -0.299 e. The second kappa shape index (κ2) is 5.20. The number of carbonyl (C=O) groups excluding carboxylic acids is 1. The number of Topliss-reactive ketones (excluding diaryl/α,β-unsaturated/α-hetero) is 1. The van der Waals surface area contributed by atoms with Crippen LogP contribution in [-0.2, 0) is 24.7 Å². The van der Waals surface area contributed by atoms with Gasteiger partial charge in [0.05, 0.1) is 16.4 Å². The third-order valence-electron chi connectivity index (χ3n) is 2.69. The summed E-state index contributed by atoms with van der Waals surface area (Å²) >= 11 is 7.66. The second-order valence-electron chi connectivity index (χ2n) is 4.23. The van der Waals surface area contributed by atoms with E-state index in [0.29, 0.717) is 18.0 Å². The molecular weight excluding hydrogens is 270 g/mol. The molecule has 0 fully saturated rings. The smallest absolute Gasteiger partial charge is 0.143 e. The molecule has 0 N–H and O–H groups in total. The molecule has 0 saturated carbocycles. The summed E-state index contributed by atoms with van der Waals surface area (Å²) in [5, 5.41) is 7.63. The molecule has 2 heterocycles. The van der Waals surface area contributed by atoms with Gasteiger partial charge >= 0.3 is 0 Å². The van der Waals surface area contributed by atoms with Gasteiger partial charge in [-0.05, 0) is 13.8 Å². The zero-order chi connectivity index (χ0) is 13.3. The minimum atomic E-state index is 0.110. The van der Waals surface area contributed by atoms with E-state index in [0.717, 1.165) is 22.0 Å². The first kappa shape index (κ1) is 13.2. The molecule has 2 rings (SSSR count). The van der Waals surface area contributed by atoms with Gasteiger partial charge in [-0.15, -0.1) is 11.3 Å². The highest BCUT2D eigenvalue weighted by molar-refractivity contribution is 7.09. The monoisotopic (exact) mass is 283 g/mol. The first-order valence-corrected chi connectivity index (χ1v) is 6.84. The van der Waals surface area contributed by atoms with E-state index in [1.165, 1.54) is 0 Å². The van der Waals surface area contributed by atoms with E-state index in [1.807, 2.05) is 19.2 Å². The van der Waals surface area contributed by atoms with Crippen LogP contribution in [0, 0.1) is 13.8 Å². The summed E-state index contributed by atoms with van der Waals surface area (Å²) in [7, 11) is 1.77. The van der Waals surface area contributed by atoms with Crippen LogP contribution in [0.2, 0.25) is 5.15 Å². The Kier molecular flexibility index (Phi) is 3.82. The first-order chi connectivity index (χ1) is 8.47. The third-order valence-corrected chi connectivity index (χ3v) is 3.98. The van der Waals surface area contributed by atoms with Crippen molar-refractivity contribution in [2.24, 2.45) is 7.05 Å². The van der Waals surface area contributed by atoms with Crippen molar-refractivity contribution in [2.75, 3.05) is 0 Å². The lowest BCUT2D eigenvalue weighted by Gasteiger charge is -1.99. The fraction of sp³-hybridized carbons (Fsp3) is 0.417. The van der Waals surface area contributed by atoms with E-state index in [9.17, 15) is 4.79 Å². The Balaban J connectivity index is 2.07. The van der Waals surface area contributed by atoms with Crippen LogP contribution in [0.25, 0.3) is 0 Å². The van der Waals surface area contributed by atoms with Crippen molar-refractivity contribution in [3.63, 3.8) is 0 Å². The van der Waals surface area contributed by atoms with Gasteiger partial charge in [0.15, 0.2) is 0 Å². The molecule has 2 aromatic rings. The molecule has 0 bridgehead atoms. The Bertz CT molecular complexity index is 588. The molecule has 0 saturated heterocycles. The van der Waals surface area contributed by atoms with Gasteiger partial charge in [0, 0.05) is 30.8 Å². The van der Waals surface area contributed by atoms with Gasteiger partial charge in [-0.2, -0.15) is 5.10 Å². The lowest BCUT2D eigenvalue weighted by Crippen LogP contribution is -2.07. The lowest BCUT2D eigenvalue weighted by molar-refractivity contribution is -0.117. The van der Waals surface area contributed by atoms with Crippen molar-refractivity contribution >= 4 is 28.7 Å². The first-order valence-electron chi connectivity index (χ1n) is 5.58. The number of hydrogen-bond donors (Lipinski definition) is 0. The molecule has 0 aliphatic carbocycles. The Morgan fingerprint density at radius 3 is 2.67 bits per heavy atom. The van der Waals surface area contributed by atoms with Crippen LogP contribution in [0.5, 0.6) is 0 Å². The lowest BCUT2D eigenvalue weighted by atomic mass is 10.1. The van der Waals surface area contributed by atoms with Crippen molar-refractivity contribution in [3.8, 4) is 0 Å². The van der Waals surface area contributed by atoms with E-state index in [-0.39, 0.29) is 5.78 Å². The molecule has 2 aromatic heterocycles. The molecule has 0 spiro atoms. The van der Waals surface area contributed by atoms with Gasteiger partial charge in [-0.1, -0.05) is 11.6 Å². The summed E-state index contributed by atoms with van der Waals surface area (Å²) in [4.78, 5) is 16.3. The van der Waals surface area contributed by atoms with Crippen LogP contribution < -0.4 is 0 Å². The molecule has 6 heteroatoms. The number of aryl methyl sites for hydroxylation is 3. The van der Waals surface area contributed by atoms with Crippen LogP contribution >= 0.6 is 22.9 Å². The molecule has 0 aliphatic rings. The van der Waals surface area contributed by atoms with Crippen LogP contribution in [-0.4, -0.2) is 20.5 Å². The van der Waals surface area contributed by atoms with Crippen molar-refractivity contribution < 1.29 is 4.79 Å². The van der Waals surface area contributed by atoms with E-state index in [2.05, 4.69) is 10.1 Å². The predicted octanol–water partition coefficient (Wildman–Crippen LogP) is 2.50. The molecule has 0 amide bonds. The quantitative estimate of drug-likeness (QED) is 0.866. The summed E-state index contributed by atoms with van der Waals surface area (Å²) in [6, 6.07) is 0. The van der Waals surface area contributed by atoms with E-state index in [4.69, 9.17) is 11.6 Å². The summed E-state index contributed by atoms with van der Waals surface area (Å²) in [5.74, 6) is 0.110. The highest BCUT2D eigenvalue weighted by Gasteiger charge is 2.15. The number of aromatic nitrogens is 3. The number of rotatable bonds is 4. The number of hydrogen-bond acceptors (Lipinski definition) is 4. The van der Waals surface area contributed by atoms with E-state index in [1.54, 1.807) is 23.1 Å². The normalized spacial score (nSPS) is 10.9. The summed E-state index contributed by atoms with van der Waals surface area (Å²) < 4.78 is 1.59. The van der Waals surface area contributed by atoms with E-state index < -0.39 is 0 Å². The molecule has 4 nitrogen and oxygen atoms in total. The zero-order valence-corrected chi connectivity index (χ0v) is 12.1. The van der Waals surface area contributed by atoms with Crippen molar-refractivity contribution in [2.45, 2.75) is 26.7 Å². The van der Waals surface area contributed by atoms with Crippen LogP contribution in [0.3, 0.4) is 0 Å². The summed E-state index contributed by atoms with van der Waals surface area (Å²) in [6.07, 6.45) is 0.671. The van der Waals surface area contributed by atoms with Crippen molar-refractivity contribution in [1.82, 2.24) is 14.8 Å². The molecule has 96 valence electrons. The van der Waals surface area contributed by atoms with Gasteiger partial charge in [0.25, 0.3) is 0 Å². The van der Waals surface area contributed by atoms with Crippen LogP contribution in [0.1, 0.15) is 22.0 Å². The minimum absolute atomic E-state index is 0.110. The maximum absolute atomic E-state index is 12.0. The maximum atomic E-state index is 12.0. The highest BCUT2D eigenvalue weighted by atomic mass is 35.5. The Morgan fingerprint density at radius 2 is 2.17 bits per heavy atom. The largest absolute Gasteiger partial charge is 0.299 e. The number of thiazole rings is 1. The standard InChI is InChI=1S/C12H14ClN3OS/c1-7-11(12(13)16(3)15-7)5-10(17)4-9-6-18-8(2)14-9/h6H,4-5H2,1-3H3. The number of ketones is 1. The molecular formula is C12H14ClN3OS. The average Bonchev–Trinajstić information content (AvgIpc) is 2.78. The Labute approximate surface area is 115 Å². The molecule has 0 aromatic carbocycles. The molecule has 0 radical (unpaired) electrons. The van der Waals surface area contributed by atoms with Crippen molar-refractivity contribution in [3.05, 3.63) is 32.5 Å². The van der Waals surface area contributed by atoms with Crippen LogP contribution in [0.15, 0.2) is 5.38 Å². The maximum Gasteiger partial charge on any atom is 0.143 e. The van der Waals surface area contributed by atoms with Gasteiger partial charge in [0.1, 0.15) is 10.9 Å². The van der Waals surface area contributed by atoms with Crippen molar-refractivity contribution in [1.29, 1.82) is 0 Å². The SMILES string of the molecule is Cc1nc(CC(=O)Cc2c(C)nn(C)c2Cl)cs1. The fourth-order valence-electron chi connectivity index (χ4n) is 1.83. The second-order valence-corrected chi connectivity index (χ2v) is 5.65. The van der Waals surface area contributed by atoms with E-state index >= 15 is 0 Å². The molecule has 0 atom stereocenters. The van der Waals surface area contributed by atoms with Gasteiger partial charge in [-0.3, -0.25) is 9.48 Å². The highest BCUT2D eigenvalue weighted by Crippen LogP contribution is 2.20. The number of halogens is 1. The average molecular weight is 284 g/mol. The van der Waals surface area contributed by atoms with Crippen LogP contribution in [0.4, 0.5) is 0 Å². The van der Waals surface area contributed by atoms with Gasteiger partial charge < -0.3 is 0 Å². The Morgan fingerprint density at radius 1 is 1.44 bits per heavy atom. The number of nitrogens with zero attached hydrogens (tertiary/aromatic N) is 3. The topological polar surface area (TPSA) is 47.8 Å². The fourth-order valence-corrected chi connectivity index (χ4v) is 2.68. The number of carbonyl (C=O) groups is 1. The third kappa shape index (κ3) is 2.79. The molecule has 0 unspecified atom stereocenters.